The molecule has 0 radical (unpaired) electrons. The summed E-state index contributed by atoms with van der Waals surface area (Å²) in [5, 5.41) is 0. The second kappa shape index (κ2) is 6.56. The summed E-state index contributed by atoms with van der Waals surface area (Å²) in [6, 6.07) is 18.2. The standard InChI is InChI=1S/C19H15N5O2/c25-18(22-23-19(26)16-5-3-11-20-16)13-7-9-14(10-8-13)24-12-21-15-4-1-2-6-17(15)24/h1-12,20H,(H,22,25)(H,23,26). The Balaban J connectivity index is 1.47. The lowest BCUT2D eigenvalue weighted by atomic mass is 10.2. The van der Waals surface area contributed by atoms with E-state index in [0.717, 1.165) is 16.7 Å². The molecule has 128 valence electrons. The van der Waals surface area contributed by atoms with Gasteiger partial charge in [0.05, 0.1) is 11.0 Å². The van der Waals surface area contributed by atoms with E-state index < -0.39 is 11.8 Å². The fraction of sp³-hybridized carbons (Fsp3) is 0. The maximum absolute atomic E-state index is 12.2. The van der Waals surface area contributed by atoms with E-state index in [9.17, 15) is 9.59 Å². The van der Waals surface area contributed by atoms with Gasteiger partial charge < -0.3 is 4.98 Å². The Bertz CT molecular complexity index is 1060. The number of para-hydroxylation sites is 2. The normalized spacial score (nSPS) is 10.6. The highest BCUT2D eigenvalue weighted by molar-refractivity contribution is 5.98. The van der Waals surface area contributed by atoms with Gasteiger partial charge in [0.2, 0.25) is 0 Å². The van der Waals surface area contributed by atoms with Crippen LogP contribution in [0.2, 0.25) is 0 Å². The van der Waals surface area contributed by atoms with Crippen molar-refractivity contribution in [1.29, 1.82) is 0 Å². The molecule has 0 spiro atoms. The number of H-pyrrole nitrogens is 1. The number of benzene rings is 2. The van der Waals surface area contributed by atoms with Crippen LogP contribution >= 0.6 is 0 Å². The Hall–Kier alpha value is -3.87. The topological polar surface area (TPSA) is 91.8 Å². The molecule has 0 atom stereocenters. The summed E-state index contributed by atoms with van der Waals surface area (Å²) in [6.07, 6.45) is 3.38. The first-order chi connectivity index (χ1) is 12.7. The van der Waals surface area contributed by atoms with E-state index in [2.05, 4.69) is 20.8 Å². The third-order valence-corrected chi connectivity index (χ3v) is 3.99. The van der Waals surface area contributed by atoms with Gasteiger partial charge in [-0.05, 0) is 48.5 Å². The lowest BCUT2D eigenvalue weighted by molar-refractivity contribution is 0.0844. The van der Waals surface area contributed by atoms with E-state index in [1.54, 1.807) is 36.8 Å². The van der Waals surface area contributed by atoms with Crippen LogP contribution in [0.5, 0.6) is 0 Å². The monoisotopic (exact) mass is 345 g/mol. The summed E-state index contributed by atoms with van der Waals surface area (Å²) < 4.78 is 1.95. The van der Waals surface area contributed by atoms with Crippen LogP contribution in [0.1, 0.15) is 20.8 Å². The molecular weight excluding hydrogens is 330 g/mol. The number of fused-ring (bicyclic) bond motifs is 1. The molecule has 7 heteroatoms. The van der Waals surface area contributed by atoms with Crippen molar-refractivity contribution in [3.63, 3.8) is 0 Å². The third kappa shape index (κ3) is 2.93. The first-order valence-corrected chi connectivity index (χ1v) is 7.99. The van der Waals surface area contributed by atoms with Crippen molar-refractivity contribution in [2.45, 2.75) is 0 Å². The highest BCUT2D eigenvalue weighted by Crippen LogP contribution is 2.18. The first kappa shape index (κ1) is 15.6. The molecule has 0 bridgehead atoms. The van der Waals surface area contributed by atoms with E-state index in [0.29, 0.717) is 11.3 Å². The van der Waals surface area contributed by atoms with E-state index in [-0.39, 0.29) is 0 Å². The summed E-state index contributed by atoms with van der Waals surface area (Å²) in [5.41, 5.74) is 8.35. The molecule has 2 aromatic heterocycles. The molecule has 2 amide bonds. The molecule has 2 aromatic carbocycles. The average Bonchev–Trinajstić information content (AvgIpc) is 3.36. The number of hydrogen-bond acceptors (Lipinski definition) is 3. The Labute approximate surface area is 148 Å². The molecule has 4 aromatic rings. The number of aromatic amines is 1. The number of carbonyl (C=O) groups excluding carboxylic acids is 2. The number of rotatable bonds is 3. The zero-order chi connectivity index (χ0) is 17.9. The summed E-state index contributed by atoms with van der Waals surface area (Å²) in [5.74, 6) is -0.809. The van der Waals surface area contributed by atoms with Gasteiger partial charge in [-0.3, -0.25) is 25.0 Å². The Morgan fingerprint density at radius 1 is 0.885 bits per heavy atom. The summed E-state index contributed by atoms with van der Waals surface area (Å²) >= 11 is 0. The number of amides is 2. The minimum absolute atomic E-state index is 0.368. The summed E-state index contributed by atoms with van der Waals surface area (Å²) in [7, 11) is 0. The highest BCUT2D eigenvalue weighted by Gasteiger charge is 2.10. The van der Waals surface area contributed by atoms with Crippen molar-refractivity contribution < 1.29 is 9.59 Å². The number of imidazole rings is 1. The van der Waals surface area contributed by atoms with Gasteiger partial charge in [-0.2, -0.15) is 0 Å². The van der Waals surface area contributed by atoms with Gasteiger partial charge in [-0.15, -0.1) is 0 Å². The third-order valence-electron chi connectivity index (χ3n) is 3.99. The smallest absolute Gasteiger partial charge is 0.286 e. The Morgan fingerprint density at radius 2 is 1.65 bits per heavy atom. The largest absolute Gasteiger partial charge is 0.357 e. The van der Waals surface area contributed by atoms with Crippen LogP contribution in [0.15, 0.2) is 73.2 Å². The lowest BCUT2D eigenvalue weighted by Gasteiger charge is -2.08. The highest BCUT2D eigenvalue weighted by atomic mass is 16.2. The minimum Gasteiger partial charge on any atom is -0.357 e. The molecular formula is C19H15N5O2. The van der Waals surface area contributed by atoms with Gasteiger partial charge in [0, 0.05) is 17.4 Å². The number of nitrogens with one attached hydrogen (secondary N) is 3. The Kier molecular flexibility index (Phi) is 3.95. The van der Waals surface area contributed by atoms with Gasteiger partial charge in [-0.25, -0.2) is 4.98 Å². The number of nitrogens with zero attached hydrogens (tertiary/aromatic N) is 2. The molecule has 0 saturated carbocycles. The van der Waals surface area contributed by atoms with E-state index in [1.807, 2.05) is 41.0 Å². The van der Waals surface area contributed by atoms with Crippen LogP contribution < -0.4 is 10.9 Å². The molecule has 0 fully saturated rings. The van der Waals surface area contributed by atoms with E-state index in [4.69, 9.17) is 0 Å². The van der Waals surface area contributed by atoms with Gasteiger partial charge in [0.15, 0.2) is 0 Å². The lowest BCUT2D eigenvalue weighted by Crippen LogP contribution is -2.41. The molecule has 0 unspecified atom stereocenters. The van der Waals surface area contributed by atoms with Gasteiger partial charge in [0.25, 0.3) is 11.8 Å². The predicted octanol–water partition coefficient (Wildman–Crippen LogP) is 2.43. The van der Waals surface area contributed by atoms with E-state index >= 15 is 0 Å². The predicted molar refractivity (Wildman–Crippen MR) is 96.8 cm³/mol. The van der Waals surface area contributed by atoms with Crippen LogP contribution in [-0.4, -0.2) is 26.3 Å². The van der Waals surface area contributed by atoms with Crippen molar-refractivity contribution in [2.24, 2.45) is 0 Å². The second-order valence-corrected chi connectivity index (χ2v) is 5.64. The fourth-order valence-electron chi connectivity index (χ4n) is 2.66. The molecule has 2 heterocycles. The van der Waals surface area contributed by atoms with Crippen molar-refractivity contribution in [1.82, 2.24) is 25.4 Å². The fourth-order valence-corrected chi connectivity index (χ4v) is 2.66. The van der Waals surface area contributed by atoms with Crippen LogP contribution in [0.4, 0.5) is 0 Å². The molecule has 0 aliphatic rings. The maximum Gasteiger partial charge on any atom is 0.286 e. The molecule has 26 heavy (non-hydrogen) atoms. The summed E-state index contributed by atoms with van der Waals surface area (Å²) in [6.45, 7) is 0. The summed E-state index contributed by atoms with van der Waals surface area (Å²) in [4.78, 5) is 31.1. The number of aromatic nitrogens is 3. The first-order valence-electron chi connectivity index (χ1n) is 7.99. The molecule has 3 N–H and O–H groups in total. The van der Waals surface area contributed by atoms with Crippen LogP contribution in [0.3, 0.4) is 0 Å². The second-order valence-electron chi connectivity index (χ2n) is 5.64. The maximum atomic E-state index is 12.2. The van der Waals surface area contributed by atoms with Crippen molar-refractivity contribution in [3.8, 4) is 5.69 Å². The van der Waals surface area contributed by atoms with Crippen molar-refractivity contribution >= 4 is 22.8 Å². The zero-order valence-corrected chi connectivity index (χ0v) is 13.6. The van der Waals surface area contributed by atoms with Gasteiger partial charge >= 0.3 is 0 Å². The molecule has 0 aliphatic heterocycles. The minimum atomic E-state index is -0.412. The van der Waals surface area contributed by atoms with Crippen molar-refractivity contribution in [3.05, 3.63) is 84.4 Å². The molecule has 0 aliphatic carbocycles. The van der Waals surface area contributed by atoms with Crippen LogP contribution in [0.25, 0.3) is 16.7 Å². The average molecular weight is 345 g/mol. The van der Waals surface area contributed by atoms with Crippen molar-refractivity contribution in [2.75, 3.05) is 0 Å². The number of hydrogen-bond donors (Lipinski definition) is 3. The number of carbonyl (C=O) groups is 2. The van der Waals surface area contributed by atoms with Crippen LogP contribution in [-0.2, 0) is 0 Å². The van der Waals surface area contributed by atoms with Gasteiger partial charge in [-0.1, -0.05) is 12.1 Å². The van der Waals surface area contributed by atoms with Crippen LogP contribution in [0, 0.1) is 0 Å². The number of hydrazine groups is 1. The molecule has 0 saturated heterocycles. The molecule has 4 rings (SSSR count). The zero-order valence-electron chi connectivity index (χ0n) is 13.6. The SMILES string of the molecule is O=C(NNC(=O)c1ccc[nH]1)c1ccc(-n2cnc3ccccc32)cc1. The van der Waals surface area contributed by atoms with Gasteiger partial charge in [0.1, 0.15) is 12.0 Å². The van der Waals surface area contributed by atoms with E-state index in [1.165, 1.54) is 0 Å². The Morgan fingerprint density at radius 3 is 2.42 bits per heavy atom. The quantitative estimate of drug-likeness (QED) is 0.498. The molecule has 7 nitrogen and oxygen atoms in total.